The number of nitrogens with one attached hydrogen (secondary N) is 1. The molecule has 0 aromatic carbocycles. The van der Waals surface area contributed by atoms with Crippen LogP contribution in [0.3, 0.4) is 0 Å². The van der Waals surface area contributed by atoms with Crippen molar-refractivity contribution in [2.24, 2.45) is 23.5 Å². The molecule has 0 spiro atoms. The van der Waals surface area contributed by atoms with Crippen molar-refractivity contribution in [3.05, 3.63) is 41.1 Å². The molecular weight excluding hydrogens is 647 g/mol. The monoisotopic (exact) mass is 705 g/mol. The fourth-order valence-corrected chi connectivity index (χ4v) is 9.15. The summed E-state index contributed by atoms with van der Waals surface area (Å²) < 4.78 is 9.44. The summed E-state index contributed by atoms with van der Waals surface area (Å²) in [6.45, 7) is 15.9. The molecule has 0 bridgehead atoms. The number of nitrogens with two attached hydrogens (primary N) is 1. The van der Waals surface area contributed by atoms with E-state index in [1.54, 1.807) is 23.1 Å². The molecule has 50 heavy (non-hydrogen) atoms. The van der Waals surface area contributed by atoms with Crippen molar-refractivity contribution in [2.45, 2.75) is 136 Å². The highest BCUT2D eigenvalue weighted by Gasteiger charge is 2.43. The second-order valence-electron chi connectivity index (χ2n) is 16.2. The second-order valence-corrected chi connectivity index (χ2v) is 21.8. The van der Waals surface area contributed by atoms with Gasteiger partial charge in [0.2, 0.25) is 5.91 Å². The Hall–Kier alpha value is -3.51. The first-order chi connectivity index (χ1) is 23.8. The summed E-state index contributed by atoms with van der Waals surface area (Å²) in [6.07, 6.45) is 14.5. The van der Waals surface area contributed by atoms with Crippen LogP contribution in [0.25, 0.3) is 11.1 Å². The Bertz CT molecular complexity index is 1610. The SMILES string of the molecule is Cc1nn(COCC[Si](C)(C)C)c(C)c1-c1cnc(NC(=O)[C@H](c2cnn(C(C)C)c2C(N)=O)C(C2CCCCC2)C2CCCCC2)c(O)c1. The number of hydrogen-bond acceptors (Lipinski definition) is 7. The summed E-state index contributed by atoms with van der Waals surface area (Å²) in [5.74, 6) is -0.884. The number of pyridine rings is 1. The van der Waals surface area contributed by atoms with E-state index >= 15 is 0 Å². The molecule has 0 unspecified atom stereocenters. The molecule has 11 nitrogen and oxygen atoms in total. The molecule has 274 valence electrons. The molecule has 1 atom stereocenters. The van der Waals surface area contributed by atoms with Crippen LogP contribution in [0.5, 0.6) is 5.75 Å². The molecule has 0 radical (unpaired) electrons. The molecule has 3 aromatic rings. The number of ether oxygens (including phenoxy) is 1. The van der Waals surface area contributed by atoms with Crippen molar-refractivity contribution >= 4 is 25.7 Å². The van der Waals surface area contributed by atoms with Crippen LogP contribution in [0.4, 0.5) is 5.82 Å². The van der Waals surface area contributed by atoms with Gasteiger partial charge >= 0.3 is 0 Å². The average Bonchev–Trinajstić information content (AvgIpc) is 3.63. The maximum absolute atomic E-state index is 14.7. The zero-order valence-corrected chi connectivity index (χ0v) is 32.3. The van der Waals surface area contributed by atoms with Gasteiger partial charge in [0.15, 0.2) is 11.6 Å². The third kappa shape index (κ3) is 8.67. The van der Waals surface area contributed by atoms with Gasteiger partial charge in [0.05, 0.1) is 17.8 Å². The number of aromatic nitrogens is 5. The van der Waals surface area contributed by atoms with Gasteiger partial charge in [0, 0.05) is 49.3 Å². The van der Waals surface area contributed by atoms with Crippen LogP contribution in [0.2, 0.25) is 25.7 Å². The Morgan fingerprint density at radius 1 is 1.02 bits per heavy atom. The van der Waals surface area contributed by atoms with E-state index in [4.69, 9.17) is 15.6 Å². The number of carbonyl (C=O) groups excluding carboxylic acids is 2. The first-order valence-corrected chi connectivity index (χ1v) is 22.5. The zero-order valence-electron chi connectivity index (χ0n) is 31.3. The molecule has 2 amide bonds. The van der Waals surface area contributed by atoms with E-state index in [0.29, 0.717) is 36.3 Å². The third-order valence-corrected chi connectivity index (χ3v) is 12.6. The van der Waals surface area contributed by atoms with E-state index in [-0.39, 0.29) is 35.1 Å². The van der Waals surface area contributed by atoms with Crippen LogP contribution in [0.15, 0.2) is 18.5 Å². The van der Waals surface area contributed by atoms with Gasteiger partial charge in [-0.3, -0.25) is 14.3 Å². The van der Waals surface area contributed by atoms with Gasteiger partial charge in [0.1, 0.15) is 12.4 Å². The fourth-order valence-electron chi connectivity index (χ4n) is 8.39. The molecule has 2 aliphatic carbocycles. The summed E-state index contributed by atoms with van der Waals surface area (Å²) in [4.78, 5) is 32.3. The lowest BCUT2D eigenvalue weighted by molar-refractivity contribution is -0.120. The number of carbonyl (C=O) groups is 2. The van der Waals surface area contributed by atoms with E-state index in [1.165, 1.54) is 12.8 Å². The maximum atomic E-state index is 14.7. The lowest BCUT2D eigenvalue weighted by atomic mass is 9.63. The summed E-state index contributed by atoms with van der Waals surface area (Å²) in [7, 11) is -1.20. The predicted molar refractivity (Wildman–Crippen MR) is 200 cm³/mol. The standard InChI is InChI=1S/C38H59N7O4Si/c1-24(2)45-35(36(39)47)30(22-41-45)34(33(27-14-10-8-11-15-27)28-16-12-9-13-17-28)38(48)42-37-31(46)20-29(21-40-37)32-25(3)43-44(26(32)4)23-49-18-19-50(5,6)7/h20-22,24,27-28,33-34,46H,8-19,23H2,1-7H3,(H2,39,47)(H,40,42,48)/t34-/m1/s1. The van der Waals surface area contributed by atoms with Crippen LogP contribution < -0.4 is 11.1 Å². The van der Waals surface area contributed by atoms with Gasteiger partial charge in [-0.2, -0.15) is 10.2 Å². The van der Waals surface area contributed by atoms with Crippen molar-refractivity contribution in [1.29, 1.82) is 0 Å². The second kappa shape index (κ2) is 16.2. The third-order valence-electron chi connectivity index (χ3n) is 10.9. The van der Waals surface area contributed by atoms with Crippen LogP contribution in [0, 0.1) is 31.6 Å². The van der Waals surface area contributed by atoms with Crippen molar-refractivity contribution in [1.82, 2.24) is 24.5 Å². The molecule has 5 rings (SSSR count). The Balaban J connectivity index is 1.47. The van der Waals surface area contributed by atoms with E-state index in [1.807, 2.05) is 32.4 Å². The smallest absolute Gasteiger partial charge is 0.267 e. The van der Waals surface area contributed by atoms with Crippen LogP contribution in [-0.2, 0) is 16.3 Å². The van der Waals surface area contributed by atoms with Gasteiger partial charge in [-0.1, -0.05) is 83.8 Å². The molecule has 2 saturated carbocycles. The van der Waals surface area contributed by atoms with E-state index in [2.05, 4.69) is 35.0 Å². The van der Waals surface area contributed by atoms with Crippen LogP contribution in [-0.4, -0.2) is 56.1 Å². The highest BCUT2D eigenvalue weighted by molar-refractivity contribution is 6.76. The van der Waals surface area contributed by atoms with Crippen molar-refractivity contribution in [3.8, 4) is 16.9 Å². The summed E-state index contributed by atoms with van der Waals surface area (Å²) >= 11 is 0. The van der Waals surface area contributed by atoms with Gasteiger partial charge in [0.25, 0.3) is 5.91 Å². The number of anilines is 1. The quantitative estimate of drug-likeness (QED) is 0.114. The fraction of sp³-hybridized carbons (Fsp3) is 0.658. The molecular formula is C38H59N7O4Si. The number of aryl methyl sites for hydroxylation is 1. The van der Waals surface area contributed by atoms with Gasteiger partial charge in [-0.05, 0) is 57.6 Å². The summed E-state index contributed by atoms with van der Waals surface area (Å²) in [5.41, 5.74) is 10.2. The molecule has 3 aromatic heterocycles. The molecule has 2 fully saturated rings. The lowest BCUT2D eigenvalue weighted by Gasteiger charge is -2.41. The number of rotatable bonds is 14. The molecule has 0 aliphatic heterocycles. The number of amides is 2. The number of hydrogen-bond donors (Lipinski definition) is 3. The number of nitrogens with zero attached hydrogens (tertiary/aromatic N) is 5. The van der Waals surface area contributed by atoms with Gasteiger partial charge < -0.3 is 20.9 Å². The molecule has 3 heterocycles. The topological polar surface area (TPSA) is 150 Å². The van der Waals surface area contributed by atoms with Gasteiger partial charge in [-0.15, -0.1) is 0 Å². The Kier molecular flexibility index (Phi) is 12.2. The normalized spacial score (nSPS) is 17.1. The van der Waals surface area contributed by atoms with Gasteiger partial charge in [-0.25, -0.2) is 9.67 Å². The highest BCUT2D eigenvalue weighted by Crippen LogP contribution is 2.48. The van der Waals surface area contributed by atoms with Crippen molar-refractivity contribution in [3.63, 3.8) is 0 Å². The first-order valence-electron chi connectivity index (χ1n) is 18.8. The lowest BCUT2D eigenvalue weighted by Crippen LogP contribution is -2.39. The average molecular weight is 706 g/mol. The Morgan fingerprint density at radius 2 is 1.64 bits per heavy atom. The van der Waals surface area contributed by atoms with Crippen LogP contribution >= 0.6 is 0 Å². The van der Waals surface area contributed by atoms with E-state index in [0.717, 1.165) is 74.4 Å². The molecule has 12 heteroatoms. The minimum Gasteiger partial charge on any atom is -0.504 e. The highest BCUT2D eigenvalue weighted by atomic mass is 28.3. The minimum absolute atomic E-state index is 0.0176. The Labute approximate surface area is 298 Å². The summed E-state index contributed by atoms with van der Waals surface area (Å²) in [6, 6.07) is 2.61. The zero-order chi connectivity index (χ0) is 36.2. The first kappa shape index (κ1) is 37.7. The number of aromatic hydroxyl groups is 1. The van der Waals surface area contributed by atoms with E-state index < -0.39 is 19.9 Å². The van der Waals surface area contributed by atoms with Crippen molar-refractivity contribution < 1.29 is 19.4 Å². The predicted octanol–water partition coefficient (Wildman–Crippen LogP) is 7.96. The minimum atomic E-state index is -1.20. The summed E-state index contributed by atoms with van der Waals surface area (Å²) in [5, 5.41) is 23.6. The molecule has 4 N–H and O–H groups in total. The maximum Gasteiger partial charge on any atom is 0.267 e. The molecule has 0 saturated heterocycles. The molecule has 2 aliphatic rings. The largest absolute Gasteiger partial charge is 0.504 e. The number of primary amides is 1. The van der Waals surface area contributed by atoms with E-state index in [9.17, 15) is 14.7 Å². The van der Waals surface area contributed by atoms with Crippen LogP contribution in [0.1, 0.15) is 117 Å². The van der Waals surface area contributed by atoms with Crippen molar-refractivity contribution in [2.75, 3.05) is 11.9 Å². The Morgan fingerprint density at radius 3 is 2.18 bits per heavy atom.